The van der Waals surface area contributed by atoms with Crippen LogP contribution in [0.3, 0.4) is 0 Å². The highest BCUT2D eigenvalue weighted by Crippen LogP contribution is 2.61. The zero-order chi connectivity index (χ0) is 17.7. The SMILES string of the molecule is CC12CCC(C3(C)CCC(O)CC3CO)CC1CC=C2c1ccco1. The standard InChI is InChI=1S/C22H32O3/c1-21(10-8-18(24)13-17(21)14-23)16-7-9-22(2)15(12-16)5-6-19(22)20-4-3-11-25-20/h3-4,6,11,15-18,23-24H,5,7-10,12-14H2,1-2H3. The molecule has 0 spiro atoms. The molecule has 1 heterocycles. The van der Waals surface area contributed by atoms with Gasteiger partial charge in [0.25, 0.3) is 0 Å². The van der Waals surface area contributed by atoms with Crippen LogP contribution in [0.2, 0.25) is 0 Å². The van der Waals surface area contributed by atoms with E-state index >= 15 is 0 Å². The maximum atomic E-state index is 10.0. The van der Waals surface area contributed by atoms with Gasteiger partial charge in [-0.25, -0.2) is 0 Å². The summed E-state index contributed by atoms with van der Waals surface area (Å²) in [5.74, 6) is 2.61. The van der Waals surface area contributed by atoms with Gasteiger partial charge in [-0.05, 0) is 91.2 Å². The van der Waals surface area contributed by atoms with Crippen LogP contribution in [0.4, 0.5) is 0 Å². The first kappa shape index (κ1) is 17.4. The van der Waals surface area contributed by atoms with Crippen LogP contribution in [0, 0.1) is 28.6 Å². The molecule has 138 valence electrons. The third-order valence-electron chi connectivity index (χ3n) is 8.15. The topological polar surface area (TPSA) is 53.6 Å². The van der Waals surface area contributed by atoms with Gasteiger partial charge in [0.05, 0.1) is 12.4 Å². The minimum atomic E-state index is -0.224. The van der Waals surface area contributed by atoms with E-state index in [4.69, 9.17) is 4.42 Å². The summed E-state index contributed by atoms with van der Waals surface area (Å²) >= 11 is 0. The highest BCUT2D eigenvalue weighted by molar-refractivity contribution is 5.69. The highest BCUT2D eigenvalue weighted by Gasteiger charge is 2.52. The summed E-state index contributed by atoms with van der Waals surface area (Å²) in [4.78, 5) is 0. The maximum absolute atomic E-state index is 10.0. The quantitative estimate of drug-likeness (QED) is 0.839. The Morgan fingerprint density at radius 2 is 2.00 bits per heavy atom. The molecule has 6 atom stereocenters. The molecule has 4 rings (SSSR count). The average molecular weight is 344 g/mol. The molecule has 1 aromatic heterocycles. The van der Waals surface area contributed by atoms with Crippen LogP contribution in [0.15, 0.2) is 28.9 Å². The number of rotatable bonds is 3. The summed E-state index contributed by atoms with van der Waals surface area (Å²) in [7, 11) is 0. The number of hydrogen-bond donors (Lipinski definition) is 2. The van der Waals surface area contributed by atoms with Crippen LogP contribution in [0.5, 0.6) is 0 Å². The van der Waals surface area contributed by atoms with Crippen LogP contribution < -0.4 is 0 Å². The molecular weight excluding hydrogens is 312 g/mol. The van der Waals surface area contributed by atoms with Crippen molar-refractivity contribution in [1.29, 1.82) is 0 Å². The van der Waals surface area contributed by atoms with Gasteiger partial charge >= 0.3 is 0 Å². The molecule has 6 unspecified atom stereocenters. The molecule has 0 amide bonds. The largest absolute Gasteiger partial charge is 0.465 e. The van der Waals surface area contributed by atoms with E-state index in [1.807, 2.05) is 6.07 Å². The average Bonchev–Trinajstić information content (AvgIpc) is 3.23. The molecule has 2 N–H and O–H groups in total. The predicted molar refractivity (Wildman–Crippen MR) is 98.8 cm³/mol. The first-order chi connectivity index (χ1) is 12.0. The van der Waals surface area contributed by atoms with E-state index in [0.717, 1.165) is 31.4 Å². The van der Waals surface area contributed by atoms with E-state index in [1.165, 1.54) is 24.8 Å². The van der Waals surface area contributed by atoms with Gasteiger partial charge in [-0.3, -0.25) is 0 Å². The summed E-state index contributed by atoms with van der Waals surface area (Å²) in [6.45, 7) is 5.01. The fraction of sp³-hybridized carbons (Fsp3) is 0.727. The van der Waals surface area contributed by atoms with Crippen LogP contribution in [0.25, 0.3) is 5.57 Å². The third-order valence-corrected chi connectivity index (χ3v) is 8.15. The second-order valence-electron chi connectivity index (χ2n) is 9.23. The lowest BCUT2D eigenvalue weighted by atomic mass is 9.52. The molecule has 1 aromatic rings. The number of aliphatic hydroxyl groups excluding tert-OH is 2. The van der Waals surface area contributed by atoms with Gasteiger partial charge in [-0.15, -0.1) is 0 Å². The summed E-state index contributed by atoms with van der Waals surface area (Å²) in [5.41, 5.74) is 1.81. The van der Waals surface area contributed by atoms with Gasteiger partial charge in [0.2, 0.25) is 0 Å². The van der Waals surface area contributed by atoms with Crippen molar-refractivity contribution in [1.82, 2.24) is 0 Å². The minimum Gasteiger partial charge on any atom is -0.465 e. The van der Waals surface area contributed by atoms with Crippen LogP contribution in [-0.2, 0) is 0 Å². The predicted octanol–water partition coefficient (Wildman–Crippen LogP) is 4.65. The van der Waals surface area contributed by atoms with Gasteiger partial charge < -0.3 is 14.6 Å². The van der Waals surface area contributed by atoms with Crippen molar-refractivity contribution in [2.45, 2.75) is 64.9 Å². The number of allylic oxidation sites excluding steroid dienone is 2. The molecule has 3 heteroatoms. The van der Waals surface area contributed by atoms with Gasteiger partial charge in [0, 0.05) is 6.61 Å². The molecule has 0 bridgehead atoms. The monoisotopic (exact) mass is 344 g/mol. The Labute approximate surface area is 151 Å². The van der Waals surface area contributed by atoms with Crippen molar-refractivity contribution >= 4 is 5.57 Å². The number of fused-ring (bicyclic) bond motifs is 1. The smallest absolute Gasteiger partial charge is 0.130 e. The normalized spacial score (nSPS) is 44.4. The number of furan rings is 1. The Kier molecular flexibility index (Phi) is 4.36. The molecule has 0 aromatic carbocycles. The van der Waals surface area contributed by atoms with E-state index < -0.39 is 0 Å². The van der Waals surface area contributed by atoms with Gasteiger partial charge in [0.15, 0.2) is 0 Å². The van der Waals surface area contributed by atoms with Crippen molar-refractivity contribution in [3.63, 3.8) is 0 Å². The van der Waals surface area contributed by atoms with E-state index in [1.54, 1.807) is 6.26 Å². The van der Waals surface area contributed by atoms with Crippen LogP contribution in [0.1, 0.15) is 64.6 Å². The van der Waals surface area contributed by atoms with E-state index in [2.05, 4.69) is 26.0 Å². The zero-order valence-electron chi connectivity index (χ0n) is 15.6. The third kappa shape index (κ3) is 2.71. The molecule has 3 aliphatic rings. The molecular formula is C22H32O3. The Morgan fingerprint density at radius 1 is 1.16 bits per heavy atom. The molecule has 0 radical (unpaired) electrons. The molecule has 3 nitrogen and oxygen atoms in total. The minimum absolute atomic E-state index is 0.169. The van der Waals surface area contributed by atoms with Gasteiger partial charge in [-0.2, -0.15) is 0 Å². The first-order valence-electron chi connectivity index (χ1n) is 10.0. The van der Waals surface area contributed by atoms with E-state index in [-0.39, 0.29) is 29.5 Å². The molecule has 0 aliphatic heterocycles. The van der Waals surface area contributed by atoms with Crippen LogP contribution >= 0.6 is 0 Å². The van der Waals surface area contributed by atoms with Crippen LogP contribution in [-0.4, -0.2) is 22.9 Å². The summed E-state index contributed by atoms with van der Waals surface area (Å²) in [6, 6.07) is 4.08. The van der Waals surface area contributed by atoms with Crippen molar-refractivity contribution in [2.24, 2.45) is 28.6 Å². The molecule has 0 saturated heterocycles. The Bertz CT molecular complexity index is 634. The fourth-order valence-corrected chi connectivity index (χ4v) is 6.23. The lowest BCUT2D eigenvalue weighted by Gasteiger charge is -2.53. The van der Waals surface area contributed by atoms with E-state index in [0.29, 0.717) is 11.8 Å². The lowest BCUT2D eigenvalue weighted by Crippen LogP contribution is -2.47. The lowest BCUT2D eigenvalue weighted by molar-refractivity contribution is -0.0653. The number of hydrogen-bond acceptors (Lipinski definition) is 3. The Balaban J connectivity index is 1.53. The van der Waals surface area contributed by atoms with Crippen molar-refractivity contribution in [2.75, 3.05) is 6.61 Å². The number of aliphatic hydroxyl groups is 2. The van der Waals surface area contributed by atoms with Crippen molar-refractivity contribution < 1.29 is 14.6 Å². The maximum Gasteiger partial charge on any atom is 0.130 e. The van der Waals surface area contributed by atoms with Crippen molar-refractivity contribution in [3.05, 3.63) is 30.2 Å². The highest BCUT2D eigenvalue weighted by atomic mass is 16.3. The summed E-state index contributed by atoms with van der Waals surface area (Å²) in [6.07, 6.45) is 11.5. The van der Waals surface area contributed by atoms with Gasteiger partial charge in [-0.1, -0.05) is 19.9 Å². The zero-order valence-corrected chi connectivity index (χ0v) is 15.6. The Morgan fingerprint density at radius 3 is 2.72 bits per heavy atom. The second kappa shape index (κ2) is 6.28. The first-order valence-corrected chi connectivity index (χ1v) is 10.0. The Hall–Kier alpha value is -1.06. The van der Waals surface area contributed by atoms with E-state index in [9.17, 15) is 10.2 Å². The fourth-order valence-electron chi connectivity index (χ4n) is 6.23. The molecule has 2 fully saturated rings. The molecule has 2 saturated carbocycles. The van der Waals surface area contributed by atoms with Crippen molar-refractivity contribution in [3.8, 4) is 0 Å². The molecule has 25 heavy (non-hydrogen) atoms. The van der Waals surface area contributed by atoms with Gasteiger partial charge in [0.1, 0.15) is 5.76 Å². The molecule has 3 aliphatic carbocycles. The second-order valence-corrected chi connectivity index (χ2v) is 9.23. The summed E-state index contributed by atoms with van der Waals surface area (Å²) in [5, 5.41) is 20.0. The summed E-state index contributed by atoms with van der Waals surface area (Å²) < 4.78 is 5.71.